The van der Waals surface area contributed by atoms with Crippen LogP contribution in [0.1, 0.15) is 5.69 Å². The van der Waals surface area contributed by atoms with E-state index in [2.05, 4.69) is 9.97 Å². The van der Waals surface area contributed by atoms with Gasteiger partial charge in [0.15, 0.2) is 11.5 Å². The molecular weight excluding hydrogens is 232 g/mol. The Kier molecular flexibility index (Phi) is 3.25. The van der Waals surface area contributed by atoms with E-state index in [0.29, 0.717) is 17.2 Å². The second-order valence-electron chi connectivity index (χ2n) is 3.33. The van der Waals surface area contributed by atoms with E-state index in [0.717, 1.165) is 0 Å². The highest BCUT2D eigenvalue weighted by atomic mass is 16.5. The molecule has 90 valence electrons. The van der Waals surface area contributed by atoms with Gasteiger partial charge in [0.05, 0.1) is 7.11 Å². The van der Waals surface area contributed by atoms with Crippen LogP contribution < -0.4 is 15.2 Å². The van der Waals surface area contributed by atoms with E-state index in [9.17, 15) is 0 Å². The number of hydrogen-bond donors (Lipinski definition) is 1. The van der Waals surface area contributed by atoms with Gasteiger partial charge < -0.3 is 15.2 Å². The van der Waals surface area contributed by atoms with E-state index >= 15 is 0 Å². The average Bonchev–Trinajstić information content (AvgIpc) is 2.40. The van der Waals surface area contributed by atoms with E-state index in [1.165, 1.54) is 19.5 Å². The lowest BCUT2D eigenvalue weighted by Crippen LogP contribution is -1.97. The van der Waals surface area contributed by atoms with E-state index in [1.54, 1.807) is 18.2 Å². The fourth-order valence-corrected chi connectivity index (χ4v) is 1.35. The summed E-state index contributed by atoms with van der Waals surface area (Å²) in [6, 6.07) is 6.85. The molecule has 0 amide bonds. The van der Waals surface area contributed by atoms with Crippen LogP contribution in [0.15, 0.2) is 30.6 Å². The van der Waals surface area contributed by atoms with E-state index in [4.69, 9.17) is 20.5 Å². The summed E-state index contributed by atoms with van der Waals surface area (Å²) in [5.41, 5.74) is 6.29. The van der Waals surface area contributed by atoms with Crippen LogP contribution in [0.4, 0.5) is 5.69 Å². The van der Waals surface area contributed by atoms with E-state index < -0.39 is 0 Å². The summed E-state index contributed by atoms with van der Waals surface area (Å²) >= 11 is 0. The summed E-state index contributed by atoms with van der Waals surface area (Å²) in [6.07, 6.45) is 2.86. The predicted molar refractivity (Wildman–Crippen MR) is 64.2 cm³/mol. The number of nitrogen functional groups attached to an aromatic ring is 1. The Morgan fingerprint density at radius 2 is 2.00 bits per heavy atom. The zero-order valence-electron chi connectivity index (χ0n) is 9.62. The lowest BCUT2D eigenvalue weighted by Gasteiger charge is -2.10. The molecule has 0 saturated carbocycles. The molecule has 1 aromatic carbocycles. The highest BCUT2D eigenvalue weighted by molar-refractivity contribution is 5.53. The number of hydrogen-bond acceptors (Lipinski definition) is 6. The fraction of sp³-hybridized carbons (Fsp3) is 0.0833. The van der Waals surface area contributed by atoms with Crippen molar-refractivity contribution in [3.63, 3.8) is 0 Å². The Balaban J connectivity index is 2.40. The van der Waals surface area contributed by atoms with Crippen molar-refractivity contribution in [2.45, 2.75) is 0 Å². The number of aromatic nitrogens is 2. The number of rotatable bonds is 3. The van der Waals surface area contributed by atoms with Crippen LogP contribution in [0.2, 0.25) is 0 Å². The van der Waals surface area contributed by atoms with Gasteiger partial charge in [0.25, 0.3) is 5.88 Å². The summed E-state index contributed by atoms with van der Waals surface area (Å²) in [5, 5.41) is 8.89. The monoisotopic (exact) mass is 242 g/mol. The highest BCUT2D eigenvalue weighted by Crippen LogP contribution is 2.32. The second kappa shape index (κ2) is 5.01. The van der Waals surface area contributed by atoms with Crippen LogP contribution in [0.25, 0.3) is 0 Å². The van der Waals surface area contributed by atoms with Crippen LogP contribution in [0.5, 0.6) is 17.4 Å². The molecule has 1 heterocycles. The summed E-state index contributed by atoms with van der Waals surface area (Å²) in [6.45, 7) is 0. The van der Waals surface area contributed by atoms with Gasteiger partial charge in [0.1, 0.15) is 6.07 Å². The van der Waals surface area contributed by atoms with Gasteiger partial charge in [-0.1, -0.05) is 0 Å². The van der Waals surface area contributed by atoms with Crippen molar-refractivity contribution >= 4 is 5.69 Å². The zero-order chi connectivity index (χ0) is 13.0. The van der Waals surface area contributed by atoms with Gasteiger partial charge in [0, 0.05) is 24.1 Å². The molecular formula is C12H10N4O2. The first-order valence-electron chi connectivity index (χ1n) is 5.07. The molecule has 0 unspecified atom stereocenters. The molecule has 0 fully saturated rings. The number of methoxy groups -OCH3 is 1. The highest BCUT2D eigenvalue weighted by Gasteiger charge is 2.11. The number of nitrogens with two attached hydrogens (primary N) is 1. The molecule has 0 spiro atoms. The normalized spacial score (nSPS) is 9.56. The van der Waals surface area contributed by atoms with Crippen LogP contribution in [-0.4, -0.2) is 17.1 Å². The third-order valence-corrected chi connectivity index (χ3v) is 2.16. The molecule has 0 bridgehead atoms. The Morgan fingerprint density at radius 1 is 1.22 bits per heavy atom. The van der Waals surface area contributed by atoms with Gasteiger partial charge in [-0.3, -0.25) is 0 Å². The molecule has 0 saturated heterocycles. The number of anilines is 1. The maximum absolute atomic E-state index is 8.89. The molecule has 0 aliphatic heterocycles. The van der Waals surface area contributed by atoms with Crippen molar-refractivity contribution in [3.8, 4) is 23.4 Å². The zero-order valence-corrected chi connectivity index (χ0v) is 9.62. The molecule has 0 aliphatic carbocycles. The molecule has 2 aromatic rings. The molecule has 0 atom stereocenters. The SMILES string of the molecule is COc1ccc(N)cc1Oc1nccnc1C#N. The summed E-state index contributed by atoms with van der Waals surface area (Å²) in [4.78, 5) is 7.80. The quantitative estimate of drug-likeness (QED) is 0.823. The molecule has 2 rings (SSSR count). The van der Waals surface area contributed by atoms with Gasteiger partial charge in [-0.25, -0.2) is 9.97 Å². The van der Waals surface area contributed by atoms with Crippen LogP contribution in [0.3, 0.4) is 0 Å². The van der Waals surface area contributed by atoms with Crippen molar-refractivity contribution < 1.29 is 9.47 Å². The summed E-state index contributed by atoms with van der Waals surface area (Å²) in [5.74, 6) is 0.997. The number of nitriles is 1. The van der Waals surface area contributed by atoms with Crippen LogP contribution in [-0.2, 0) is 0 Å². The van der Waals surface area contributed by atoms with Gasteiger partial charge in [-0.2, -0.15) is 5.26 Å². The maximum Gasteiger partial charge on any atom is 0.256 e. The summed E-state index contributed by atoms with van der Waals surface area (Å²) in [7, 11) is 1.51. The number of ether oxygens (including phenoxy) is 2. The van der Waals surface area contributed by atoms with Crippen molar-refractivity contribution in [3.05, 3.63) is 36.3 Å². The topological polar surface area (TPSA) is 94.1 Å². The van der Waals surface area contributed by atoms with E-state index in [-0.39, 0.29) is 11.6 Å². The average molecular weight is 242 g/mol. The van der Waals surface area contributed by atoms with Gasteiger partial charge in [0.2, 0.25) is 5.69 Å². The molecule has 1 aromatic heterocycles. The fourth-order valence-electron chi connectivity index (χ4n) is 1.35. The first-order valence-corrected chi connectivity index (χ1v) is 5.07. The lowest BCUT2D eigenvalue weighted by molar-refractivity contribution is 0.373. The van der Waals surface area contributed by atoms with Crippen molar-refractivity contribution in [2.75, 3.05) is 12.8 Å². The van der Waals surface area contributed by atoms with Crippen LogP contribution in [0, 0.1) is 11.3 Å². The number of benzene rings is 1. The first kappa shape index (κ1) is 11.7. The Morgan fingerprint density at radius 3 is 2.72 bits per heavy atom. The van der Waals surface area contributed by atoms with E-state index in [1.807, 2.05) is 6.07 Å². The predicted octanol–water partition coefficient (Wildman–Crippen LogP) is 1.73. The summed E-state index contributed by atoms with van der Waals surface area (Å²) < 4.78 is 10.6. The third-order valence-electron chi connectivity index (χ3n) is 2.16. The number of nitrogens with zero attached hydrogens (tertiary/aromatic N) is 3. The maximum atomic E-state index is 8.89. The lowest BCUT2D eigenvalue weighted by atomic mass is 10.3. The van der Waals surface area contributed by atoms with Crippen LogP contribution >= 0.6 is 0 Å². The van der Waals surface area contributed by atoms with Crippen molar-refractivity contribution in [1.82, 2.24) is 9.97 Å². The smallest absolute Gasteiger partial charge is 0.256 e. The molecule has 6 heteroatoms. The van der Waals surface area contributed by atoms with Gasteiger partial charge >= 0.3 is 0 Å². The van der Waals surface area contributed by atoms with Gasteiger partial charge in [-0.05, 0) is 12.1 Å². The molecule has 0 radical (unpaired) electrons. The molecule has 6 nitrogen and oxygen atoms in total. The first-order chi connectivity index (χ1) is 8.74. The molecule has 18 heavy (non-hydrogen) atoms. The minimum Gasteiger partial charge on any atom is -0.493 e. The van der Waals surface area contributed by atoms with Crippen molar-refractivity contribution in [2.24, 2.45) is 0 Å². The van der Waals surface area contributed by atoms with Gasteiger partial charge in [-0.15, -0.1) is 0 Å². The Hall–Kier alpha value is -2.81. The van der Waals surface area contributed by atoms with Crippen molar-refractivity contribution in [1.29, 1.82) is 5.26 Å². The largest absolute Gasteiger partial charge is 0.493 e. The minimum atomic E-state index is 0.0991. The molecule has 0 aliphatic rings. The third kappa shape index (κ3) is 2.30. The second-order valence-corrected chi connectivity index (χ2v) is 3.33. The Labute approximate surface area is 104 Å². The Bertz CT molecular complexity index is 607. The molecule has 2 N–H and O–H groups in total. The standard InChI is InChI=1S/C12H10N4O2/c1-17-10-3-2-8(14)6-11(10)18-12-9(7-13)15-4-5-16-12/h2-6H,14H2,1H3. The minimum absolute atomic E-state index is 0.0991.